The smallest absolute Gasteiger partial charge is 0.203 e. The van der Waals surface area contributed by atoms with Gasteiger partial charge >= 0.3 is 6.18 Å². The molecule has 0 aliphatic carbocycles. The quantitative estimate of drug-likeness (QED) is 0.618. The fourth-order valence-corrected chi connectivity index (χ4v) is 0.941. The average Bonchev–Trinajstić information content (AvgIpc) is 2.07. The summed E-state index contributed by atoms with van der Waals surface area (Å²) in [4.78, 5) is 0. The van der Waals surface area contributed by atoms with Gasteiger partial charge in [0.2, 0.25) is 0 Å². The van der Waals surface area contributed by atoms with Gasteiger partial charge in [-0.2, -0.15) is 13.2 Å². The van der Waals surface area contributed by atoms with E-state index < -0.39 is 23.4 Å². The van der Waals surface area contributed by atoms with Crippen molar-refractivity contribution in [3.8, 4) is 0 Å². The molecule has 5 heteroatoms. The highest BCUT2D eigenvalue weighted by atomic mass is 19.4. The normalized spacial score (nSPS) is 11.5. The van der Waals surface area contributed by atoms with Crippen LogP contribution >= 0.6 is 0 Å². The summed E-state index contributed by atoms with van der Waals surface area (Å²) in [7, 11) is 0. The minimum absolute atomic E-state index is 0.296. The Morgan fingerprint density at radius 2 is 1.64 bits per heavy atom. The van der Waals surface area contributed by atoms with Crippen LogP contribution in [-0.2, 0) is 6.18 Å². The Morgan fingerprint density at radius 1 is 1.07 bits per heavy atom. The lowest BCUT2D eigenvalue weighted by Crippen LogP contribution is -2.10. The number of alkyl halides is 3. The maximum absolute atomic E-state index is 12.8. The Kier molecular flexibility index (Phi) is 2.59. The van der Waals surface area contributed by atoms with Crippen molar-refractivity contribution in [2.24, 2.45) is 0 Å². The first-order valence-corrected chi connectivity index (χ1v) is 3.55. The molecule has 0 saturated heterocycles. The second-order valence-corrected chi connectivity index (χ2v) is 2.53. The third-order valence-corrected chi connectivity index (χ3v) is 1.64. The molecule has 0 radical (unpaired) electrons. The van der Waals surface area contributed by atoms with E-state index in [0.717, 1.165) is 12.1 Å². The Morgan fingerprint density at radius 3 is 2.07 bits per heavy atom. The number of halogens is 5. The molecule has 0 amide bonds. The molecular weight excluding hydrogens is 203 g/mol. The van der Waals surface area contributed by atoms with E-state index in [2.05, 4.69) is 6.58 Å². The summed E-state index contributed by atoms with van der Waals surface area (Å²) in [6, 6.07) is 1.31. The van der Waals surface area contributed by atoms with Crippen LogP contribution in [0.15, 0.2) is 18.7 Å². The van der Waals surface area contributed by atoms with Gasteiger partial charge in [0.05, 0.1) is 5.56 Å². The molecule has 0 aliphatic rings. The Labute approximate surface area is 76.7 Å². The van der Waals surface area contributed by atoms with Gasteiger partial charge in [0.15, 0.2) is 11.6 Å². The monoisotopic (exact) mass is 208 g/mol. The molecule has 0 heterocycles. The minimum atomic E-state index is -4.88. The largest absolute Gasteiger partial charge is 0.419 e. The maximum Gasteiger partial charge on any atom is 0.419 e. The van der Waals surface area contributed by atoms with Gasteiger partial charge in [-0.25, -0.2) is 8.78 Å². The Bertz CT molecular complexity index is 364. The first kappa shape index (κ1) is 10.7. The maximum atomic E-state index is 12.8. The molecule has 1 aromatic carbocycles. The highest BCUT2D eigenvalue weighted by Crippen LogP contribution is 2.33. The summed E-state index contributed by atoms with van der Waals surface area (Å²) < 4.78 is 61.7. The summed E-state index contributed by atoms with van der Waals surface area (Å²) in [5.41, 5.74) is -1.91. The van der Waals surface area contributed by atoms with Crippen LogP contribution in [0.4, 0.5) is 22.0 Å². The van der Waals surface area contributed by atoms with Gasteiger partial charge in [0, 0.05) is 5.56 Å². The second-order valence-electron chi connectivity index (χ2n) is 2.53. The first-order valence-electron chi connectivity index (χ1n) is 3.55. The van der Waals surface area contributed by atoms with E-state index in [4.69, 9.17) is 0 Å². The SMILES string of the molecule is C=Cc1ccc(C(F)(F)F)c(F)c1F. The molecule has 0 unspecified atom stereocenters. The van der Waals surface area contributed by atoms with Crippen molar-refractivity contribution in [2.75, 3.05) is 0 Å². The lowest BCUT2D eigenvalue weighted by molar-refractivity contribution is -0.140. The van der Waals surface area contributed by atoms with Crippen molar-refractivity contribution in [1.29, 1.82) is 0 Å². The molecule has 0 aliphatic heterocycles. The molecule has 1 aromatic rings. The lowest BCUT2D eigenvalue weighted by Gasteiger charge is -2.09. The van der Waals surface area contributed by atoms with E-state index in [1.165, 1.54) is 0 Å². The van der Waals surface area contributed by atoms with Gasteiger partial charge < -0.3 is 0 Å². The van der Waals surface area contributed by atoms with Crippen LogP contribution in [-0.4, -0.2) is 0 Å². The zero-order chi connectivity index (χ0) is 10.9. The van der Waals surface area contributed by atoms with Crippen LogP contribution in [0.3, 0.4) is 0 Å². The van der Waals surface area contributed by atoms with Gasteiger partial charge in [-0.3, -0.25) is 0 Å². The van der Waals surface area contributed by atoms with E-state index in [1.54, 1.807) is 0 Å². The number of hydrogen-bond acceptors (Lipinski definition) is 0. The Balaban J connectivity index is 3.38. The third-order valence-electron chi connectivity index (χ3n) is 1.64. The minimum Gasteiger partial charge on any atom is -0.203 e. The number of benzene rings is 1. The molecule has 0 nitrogen and oxygen atoms in total. The summed E-state index contributed by atoms with van der Waals surface area (Å²) >= 11 is 0. The van der Waals surface area contributed by atoms with Crippen molar-refractivity contribution in [1.82, 2.24) is 0 Å². The molecule has 0 atom stereocenters. The fourth-order valence-electron chi connectivity index (χ4n) is 0.941. The molecular formula is C9H5F5. The predicted molar refractivity (Wildman–Crippen MR) is 41.5 cm³/mol. The predicted octanol–water partition coefficient (Wildman–Crippen LogP) is 3.63. The summed E-state index contributed by atoms with van der Waals surface area (Å²) in [5.74, 6) is -3.43. The van der Waals surface area contributed by atoms with Crippen LogP contribution in [0, 0.1) is 11.6 Å². The van der Waals surface area contributed by atoms with Gasteiger partial charge in [-0.05, 0) is 6.07 Å². The standard InChI is InChI=1S/C9H5F5/c1-2-5-3-4-6(9(12,13)14)8(11)7(5)10/h2-4H,1H2. The lowest BCUT2D eigenvalue weighted by atomic mass is 10.1. The average molecular weight is 208 g/mol. The van der Waals surface area contributed by atoms with Crippen molar-refractivity contribution in [2.45, 2.75) is 6.18 Å². The van der Waals surface area contributed by atoms with E-state index in [-0.39, 0.29) is 5.56 Å². The van der Waals surface area contributed by atoms with Crippen LogP contribution in [0.25, 0.3) is 6.08 Å². The molecule has 1 rings (SSSR count). The summed E-state index contributed by atoms with van der Waals surface area (Å²) in [6.45, 7) is 3.14. The van der Waals surface area contributed by atoms with Crippen LogP contribution in [0.2, 0.25) is 0 Å². The molecule has 14 heavy (non-hydrogen) atoms. The Hall–Kier alpha value is -1.39. The highest BCUT2D eigenvalue weighted by Gasteiger charge is 2.35. The van der Waals surface area contributed by atoms with Crippen molar-refractivity contribution in [3.63, 3.8) is 0 Å². The van der Waals surface area contributed by atoms with E-state index in [0.29, 0.717) is 6.07 Å². The summed E-state index contributed by atoms with van der Waals surface area (Å²) in [5, 5.41) is 0. The number of hydrogen-bond donors (Lipinski definition) is 0. The van der Waals surface area contributed by atoms with Gasteiger partial charge in [-0.15, -0.1) is 0 Å². The molecule has 0 N–H and O–H groups in total. The zero-order valence-corrected chi connectivity index (χ0v) is 6.83. The fraction of sp³-hybridized carbons (Fsp3) is 0.111. The first-order chi connectivity index (χ1) is 6.38. The van der Waals surface area contributed by atoms with Crippen molar-refractivity contribution >= 4 is 6.08 Å². The van der Waals surface area contributed by atoms with Crippen LogP contribution in [0.5, 0.6) is 0 Å². The van der Waals surface area contributed by atoms with Crippen molar-refractivity contribution < 1.29 is 22.0 Å². The van der Waals surface area contributed by atoms with E-state index in [1.807, 2.05) is 0 Å². The molecule has 0 bridgehead atoms. The zero-order valence-electron chi connectivity index (χ0n) is 6.83. The van der Waals surface area contributed by atoms with E-state index in [9.17, 15) is 22.0 Å². The highest BCUT2D eigenvalue weighted by molar-refractivity contribution is 5.49. The van der Waals surface area contributed by atoms with Crippen molar-refractivity contribution in [3.05, 3.63) is 41.5 Å². The molecule has 0 aromatic heterocycles. The molecule has 76 valence electrons. The van der Waals surface area contributed by atoms with E-state index >= 15 is 0 Å². The van der Waals surface area contributed by atoms with Gasteiger partial charge in [-0.1, -0.05) is 18.7 Å². The third kappa shape index (κ3) is 1.76. The van der Waals surface area contributed by atoms with Gasteiger partial charge in [0.1, 0.15) is 0 Å². The molecule has 0 fully saturated rings. The van der Waals surface area contributed by atoms with Crippen LogP contribution < -0.4 is 0 Å². The molecule has 0 saturated carbocycles. The van der Waals surface area contributed by atoms with Crippen LogP contribution in [0.1, 0.15) is 11.1 Å². The number of rotatable bonds is 1. The second kappa shape index (κ2) is 3.40. The topological polar surface area (TPSA) is 0 Å². The van der Waals surface area contributed by atoms with Gasteiger partial charge in [0.25, 0.3) is 0 Å². The summed E-state index contributed by atoms with van der Waals surface area (Å²) in [6.07, 6.45) is -3.94. The molecule has 0 spiro atoms.